The van der Waals surface area contributed by atoms with Crippen molar-refractivity contribution in [1.29, 1.82) is 0 Å². The second-order valence-corrected chi connectivity index (χ2v) is 4.90. The number of ether oxygens (including phenoxy) is 1. The summed E-state index contributed by atoms with van der Waals surface area (Å²) in [5.74, 6) is -0.193. The summed E-state index contributed by atoms with van der Waals surface area (Å²) in [6.07, 6.45) is 1.05. The summed E-state index contributed by atoms with van der Waals surface area (Å²) in [4.78, 5) is 21.8. The van der Waals surface area contributed by atoms with Crippen LogP contribution in [0.3, 0.4) is 0 Å². The van der Waals surface area contributed by atoms with E-state index in [-0.39, 0.29) is 18.0 Å². The van der Waals surface area contributed by atoms with Crippen LogP contribution in [-0.2, 0) is 4.79 Å². The zero-order valence-corrected chi connectivity index (χ0v) is 12.3. The van der Waals surface area contributed by atoms with Gasteiger partial charge in [-0.2, -0.15) is 0 Å². The van der Waals surface area contributed by atoms with E-state index >= 15 is 0 Å². The molecule has 0 heterocycles. The van der Waals surface area contributed by atoms with E-state index in [1.54, 1.807) is 25.1 Å². The number of para-hydroxylation sites is 2. The van der Waals surface area contributed by atoms with E-state index in [4.69, 9.17) is 10.5 Å². The minimum absolute atomic E-state index is 0.0677. The molecule has 0 bridgehead atoms. The Morgan fingerprint density at radius 3 is 2.71 bits per heavy atom. The van der Waals surface area contributed by atoms with Crippen molar-refractivity contribution >= 4 is 11.6 Å². The molecule has 1 aromatic rings. The van der Waals surface area contributed by atoms with E-state index < -0.39 is 16.4 Å². The second kappa shape index (κ2) is 7.58. The van der Waals surface area contributed by atoms with Gasteiger partial charge in [0.15, 0.2) is 5.75 Å². The number of carbonyl (C=O) groups is 1. The van der Waals surface area contributed by atoms with Crippen LogP contribution in [0.15, 0.2) is 24.3 Å². The lowest BCUT2D eigenvalue weighted by molar-refractivity contribution is -0.385. The average Bonchev–Trinajstić information content (AvgIpc) is 2.44. The van der Waals surface area contributed by atoms with Crippen molar-refractivity contribution in [1.82, 2.24) is 5.32 Å². The first kappa shape index (κ1) is 16.9. The number of nitrogens with one attached hydrogen (secondary N) is 1. The molecular formula is C14H21N3O4. The Hall–Kier alpha value is -2.15. The predicted octanol–water partition coefficient (Wildman–Crippen LogP) is 1.61. The number of likely N-dealkylation sites (N-methyl/N-ethyl adjacent to an activating group) is 1. The average molecular weight is 295 g/mol. The molecule has 0 spiro atoms. The fourth-order valence-electron chi connectivity index (χ4n) is 2.03. The van der Waals surface area contributed by atoms with Crippen molar-refractivity contribution in [2.45, 2.75) is 32.2 Å². The number of carbonyl (C=O) groups excluding carboxylic acids is 1. The van der Waals surface area contributed by atoms with E-state index in [1.807, 2.05) is 6.92 Å². The quantitative estimate of drug-likeness (QED) is 0.409. The second-order valence-electron chi connectivity index (χ2n) is 4.90. The highest BCUT2D eigenvalue weighted by Crippen LogP contribution is 2.26. The van der Waals surface area contributed by atoms with Gasteiger partial charge in [0.05, 0.1) is 17.1 Å². The van der Waals surface area contributed by atoms with E-state index in [2.05, 4.69) is 5.32 Å². The molecular weight excluding hydrogens is 274 g/mol. The van der Waals surface area contributed by atoms with Gasteiger partial charge in [-0.3, -0.25) is 14.9 Å². The molecule has 0 saturated carbocycles. The first-order chi connectivity index (χ1) is 9.90. The fourth-order valence-corrected chi connectivity index (χ4v) is 2.03. The minimum atomic E-state index is -0.791. The van der Waals surface area contributed by atoms with Gasteiger partial charge in [0.25, 0.3) is 0 Å². The molecule has 116 valence electrons. The predicted molar refractivity (Wildman–Crippen MR) is 79.1 cm³/mol. The molecule has 1 rings (SSSR count). The lowest BCUT2D eigenvalue weighted by Gasteiger charge is -2.26. The maximum absolute atomic E-state index is 11.4. The van der Waals surface area contributed by atoms with Crippen LogP contribution >= 0.6 is 0 Å². The van der Waals surface area contributed by atoms with Crippen molar-refractivity contribution in [3.63, 3.8) is 0 Å². The van der Waals surface area contributed by atoms with Gasteiger partial charge >= 0.3 is 5.69 Å². The van der Waals surface area contributed by atoms with E-state index in [1.165, 1.54) is 6.07 Å². The zero-order valence-electron chi connectivity index (χ0n) is 12.3. The van der Waals surface area contributed by atoms with Gasteiger partial charge in [0.1, 0.15) is 0 Å². The molecule has 0 radical (unpaired) electrons. The third kappa shape index (κ3) is 4.71. The van der Waals surface area contributed by atoms with Crippen molar-refractivity contribution in [2.24, 2.45) is 5.73 Å². The minimum Gasteiger partial charge on any atom is -0.487 e. The van der Waals surface area contributed by atoms with Crippen LogP contribution < -0.4 is 15.8 Å². The smallest absolute Gasteiger partial charge is 0.310 e. The Bertz CT molecular complexity index is 507. The molecule has 7 nitrogen and oxygen atoms in total. The van der Waals surface area contributed by atoms with Gasteiger partial charge in [-0.25, -0.2) is 0 Å². The first-order valence-electron chi connectivity index (χ1n) is 6.82. The zero-order chi connectivity index (χ0) is 15.9. The van der Waals surface area contributed by atoms with Crippen LogP contribution in [0.2, 0.25) is 0 Å². The lowest BCUT2D eigenvalue weighted by Crippen LogP contribution is -2.53. The summed E-state index contributed by atoms with van der Waals surface area (Å²) in [7, 11) is 0. The van der Waals surface area contributed by atoms with Crippen LogP contribution in [0, 0.1) is 10.1 Å². The number of nitro groups is 1. The number of nitrogens with zero attached hydrogens (tertiary/aromatic N) is 1. The summed E-state index contributed by atoms with van der Waals surface area (Å²) in [5.41, 5.74) is 4.52. The van der Waals surface area contributed by atoms with E-state index in [0.29, 0.717) is 19.4 Å². The van der Waals surface area contributed by atoms with Crippen LogP contribution in [0.4, 0.5) is 5.69 Å². The van der Waals surface area contributed by atoms with Gasteiger partial charge in [0, 0.05) is 6.07 Å². The van der Waals surface area contributed by atoms with Crippen molar-refractivity contribution < 1.29 is 14.5 Å². The van der Waals surface area contributed by atoms with Gasteiger partial charge in [-0.1, -0.05) is 19.1 Å². The molecule has 1 unspecified atom stereocenters. The lowest BCUT2D eigenvalue weighted by atomic mass is 9.95. The Balaban J connectivity index is 2.54. The molecule has 0 aliphatic carbocycles. The maximum atomic E-state index is 11.4. The number of hydrogen-bond donors (Lipinski definition) is 2. The number of primary amides is 1. The van der Waals surface area contributed by atoms with Crippen molar-refractivity contribution in [2.75, 3.05) is 13.2 Å². The number of amides is 1. The molecule has 0 aliphatic rings. The molecule has 1 aromatic carbocycles. The summed E-state index contributed by atoms with van der Waals surface area (Å²) < 4.78 is 5.43. The molecule has 1 atom stereocenters. The fraction of sp³-hybridized carbons (Fsp3) is 0.500. The number of benzene rings is 1. The Labute approximate surface area is 123 Å². The monoisotopic (exact) mass is 295 g/mol. The van der Waals surface area contributed by atoms with Gasteiger partial charge in [-0.15, -0.1) is 0 Å². The van der Waals surface area contributed by atoms with Crippen LogP contribution in [-0.4, -0.2) is 29.5 Å². The van der Waals surface area contributed by atoms with Crippen LogP contribution in [0.25, 0.3) is 0 Å². The van der Waals surface area contributed by atoms with Gasteiger partial charge in [0.2, 0.25) is 5.91 Å². The molecule has 21 heavy (non-hydrogen) atoms. The Morgan fingerprint density at radius 1 is 1.48 bits per heavy atom. The molecule has 0 saturated heterocycles. The van der Waals surface area contributed by atoms with Crippen molar-refractivity contribution in [3.05, 3.63) is 34.4 Å². The molecule has 0 aromatic heterocycles. The third-order valence-electron chi connectivity index (χ3n) is 3.25. The van der Waals surface area contributed by atoms with Crippen LogP contribution in [0.5, 0.6) is 5.75 Å². The largest absolute Gasteiger partial charge is 0.487 e. The normalized spacial score (nSPS) is 13.4. The van der Waals surface area contributed by atoms with Crippen molar-refractivity contribution in [3.8, 4) is 5.75 Å². The van der Waals surface area contributed by atoms with E-state index in [0.717, 1.165) is 0 Å². The Kier molecular flexibility index (Phi) is 6.10. The van der Waals surface area contributed by atoms with Crippen LogP contribution in [0.1, 0.15) is 26.7 Å². The van der Waals surface area contributed by atoms with Gasteiger partial charge < -0.3 is 15.8 Å². The highest BCUT2D eigenvalue weighted by atomic mass is 16.6. The maximum Gasteiger partial charge on any atom is 0.310 e. The summed E-state index contributed by atoms with van der Waals surface area (Å²) in [5, 5.41) is 13.9. The standard InChI is InChI=1S/C14H21N3O4/c1-3-16-14(2,13(15)18)9-6-10-21-12-8-5-4-7-11(12)17(19)20/h4-5,7-8,16H,3,6,9-10H2,1-2H3,(H2,15,18). The Morgan fingerprint density at radius 2 is 2.14 bits per heavy atom. The number of hydrogen-bond acceptors (Lipinski definition) is 5. The topological polar surface area (TPSA) is 107 Å². The van der Waals surface area contributed by atoms with E-state index in [9.17, 15) is 14.9 Å². The molecule has 3 N–H and O–H groups in total. The SMILES string of the molecule is CCNC(C)(CCCOc1ccccc1[N+](=O)[O-])C(N)=O. The number of nitrogens with two attached hydrogens (primary N) is 1. The first-order valence-corrected chi connectivity index (χ1v) is 6.82. The molecule has 0 aliphatic heterocycles. The molecule has 1 amide bonds. The number of rotatable bonds is 9. The summed E-state index contributed by atoms with van der Waals surface area (Å²) in [6, 6.07) is 6.20. The number of nitro benzene ring substituents is 1. The highest BCUT2D eigenvalue weighted by molar-refractivity contribution is 5.84. The summed E-state index contributed by atoms with van der Waals surface area (Å²) >= 11 is 0. The third-order valence-corrected chi connectivity index (χ3v) is 3.25. The van der Waals surface area contributed by atoms with Gasteiger partial charge in [-0.05, 0) is 32.4 Å². The summed E-state index contributed by atoms with van der Waals surface area (Å²) in [6.45, 7) is 4.54. The molecule has 0 fully saturated rings. The molecule has 7 heteroatoms. The highest BCUT2D eigenvalue weighted by Gasteiger charge is 2.29.